The second-order valence-electron chi connectivity index (χ2n) is 4.51. The van der Waals surface area contributed by atoms with Crippen LogP contribution in [0.1, 0.15) is 24.8 Å². The summed E-state index contributed by atoms with van der Waals surface area (Å²) in [7, 11) is -3.58. The van der Waals surface area contributed by atoms with Crippen molar-refractivity contribution in [3.05, 3.63) is 29.6 Å². The molecule has 6 heteroatoms. The minimum Gasteiger partial charge on any atom is -0.224 e. The van der Waals surface area contributed by atoms with Crippen LogP contribution in [0.2, 0.25) is 0 Å². The number of sulfone groups is 1. The fraction of sp³-hybridized carbons (Fsp3) is 0.417. The minimum absolute atomic E-state index is 0.337. The van der Waals surface area contributed by atoms with Crippen LogP contribution >= 0.6 is 0 Å². The molecule has 0 saturated heterocycles. The Bertz CT molecular complexity index is 629. The smallest absolute Gasteiger partial charge is 0.224 e. The molecule has 2 rings (SSSR count). The van der Waals surface area contributed by atoms with E-state index in [1.54, 1.807) is 0 Å². The number of nitrogens with zero attached hydrogens (tertiary/aromatic N) is 1. The molecule has 1 aliphatic rings. The van der Waals surface area contributed by atoms with Gasteiger partial charge in [-0.25, -0.2) is 17.6 Å². The highest BCUT2D eigenvalue weighted by Crippen LogP contribution is 2.45. The van der Waals surface area contributed by atoms with E-state index in [9.17, 15) is 17.6 Å². The van der Waals surface area contributed by atoms with E-state index in [0.29, 0.717) is 18.4 Å². The Morgan fingerprint density at radius 2 is 2.06 bits per heavy atom. The predicted molar refractivity (Wildman–Crippen MR) is 63.2 cm³/mol. The van der Waals surface area contributed by atoms with Crippen molar-refractivity contribution in [3.8, 4) is 0 Å². The summed E-state index contributed by atoms with van der Waals surface area (Å²) in [5, 5.41) is 0. The van der Waals surface area contributed by atoms with Crippen LogP contribution < -0.4 is 0 Å². The Morgan fingerprint density at radius 1 is 1.39 bits per heavy atom. The van der Waals surface area contributed by atoms with E-state index >= 15 is 0 Å². The van der Waals surface area contributed by atoms with Crippen molar-refractivity contribution < 1.29 is 17.6 Å². The number of carbonyl (C=O) groups excluding carboxylic acids is 1. The number of hydrogen-bond acceptors (Lipinski definition) is 4. The van der Waals surface area contributed by atoms with Gasteiger partial charge in [-0.3, -0.25) is 0 Å². The van der Waals surface area contributed by atoms with E-state index in [1.165, 1.54) is 18.2 Å². The third kappa shape index (κ3) is 2.09. The Morgan fingerprint density at radius 3 is 2.44 bits per heavy atom. The maximum Gasteiger partial charge on any atom is 0.235 e. The highest BCUT2D eigenvalue weighted by atomic mass is 32.2. The van der Waals surface area contributed by atoms with Crippen molar-refractivity contribution in [2.45, 2.75) is 29.7 Å². The molecule has 0 spiro atoms. The lowest BCUT2D eigenvalue weighted by Crippen LogP contribution is -2.32. The summed E-state index contributed by atoms with van der Waals surface area (Å²) in [6.45, 7) is 0. The lowest BCUT2D eigenvalue weighted by molar-refractivity contribution is 0.255. The normalized spacial score (nSPS) is 17.7. The molecular weight excluding hydrogens is 257 g/mol. The van der Waals surface area contributed by atoms with Crippen molar-refractivity contribution in [2.75, 3.05) is 6.26 Å². The standard InChI is InChI=1S/C12H12FNO3S/c1-18(16,17)11-4-3-9(7-10(11)13)12(14-8-15)5-2-6-12/h3-4,7H,2,5-6H2,1H3. The molecule has 0 bridgehead atoms. The monoisotopic (exact) mass is 269 g/mol. The molecule has 1 aromatic carbocycles. The summed E-state index contributed by atoms with van der Waals surface area (Å²) >= 11 is 0. The third-order valence-electron chi connectivity index (χ3n) is 3.31. The van der Waals surface area contributed by atoms with Gasteiger partial charge in [-0.05, 0) is 37.0 Å². The van der Waals surface area contributed by atoms with Gasteiger partial charge in [-0.2, -0.15) is 4.99 Å². The van der Waals surface area contributed by atoms with E-state index < -0.39 is 21.2 Å². The molecule has 1 saturated carbocycles. The first-order valence-electron chi connectivity index (χ1n) is 5.48. The van der Waals surface area contributed by atoms with E-state index in [1.807, 2.05) is 0 Å². The molecule has 18 heavy (non-hydrogen) atoms. The number of halogens is 1. The first-order chi connectivity index (χ1) is 8.39. The number of rotatable bonds is 3. The van der Waals surface area contributed by atoms with Crippen LogP contribution in [-0.4, -0.2) is 20.8 Å². The Kier molecular flexibility index (Phi) is 3.09. The zero-order chi connectivity index (χ0) is 13.4. The number of isocyanates is 1. The Labute approximate surface area is 104 Å². The van der Waals surface area contributed by atoms with Gasteiger partial charge in [0.25, 0.3) is 0 Å². The average molecular weight is 269 g/mol. The molecule has 0 amide bonds. The molecule has 96 valence electrons. The molecule has 0 atom stereocenters. The minimum atomic E-state index is -3.58. The van der Waals surface area contributed by atoms with Crippen LogP contribution in [-0.2, 0) is 20.2 Å². The van der Waals surface area contributed by atoms with E-state index in [4.69, 9.17) is 0 Å². The Hall–Kier alpha value is -1.52. The van der Waals surface area contributed by atoms with Gasteiger partial charge in [0.05, 0.1) is 5.54 Å². The second-order valence-corrected chi connectivity index (χ2v) is 6.49. The van der Waals surface area contributed by atoms with Crippen molar-refractivity contribution in [1.82, 2.24) is 0 Å². The fourth-order valence-electron chi connectivity index (χ4n) is 2.16. The molecule has 1 aliphatic carbocycles. The van der Waals surface area contributed by atoms with Crippen molar-refractivity contribution in [1.29, 1.82) is 0 Å². The molecule has 0 aromatic heterocycles. The molecule has 0 N–H and O–H groups in total. The SMILES string of the molecule is CS(=O)(=O)c1ccc(C2(N=C=O)CCC2)cc1F. The lowest BCUT2D eigenvalue weighted by atomic mass is 9.72. The van der Waals surface area contributed by atoms with E-state index in [2.05, 4.69) is 4.99 Å². The zero-order valence-corrected chi connectivity index (χ0v) is 10.6. The summed E-state index contributed by atoms with van der Waals surface area (Å²) in [6, 6.07) is 3.89. The van der Waals surface area contributed by atoms with E-state index in [-0.39, 0.29) is 4.90 Å². The van der Waals surface area contributed by atoms with Crippen molar-refractivity contribution in [2.24, 2.45) is 4.99 Å². The number of aliphatic imine (C=N–C) groups is 1. The largest absolute Gasteiger partial charge is 0.235 e. The number of benzene rings is 1. The van der Waals surface area contributed by atoms with Crippen LogP contribution in [0.4, 0.5) is 4.39 Å². The molecule has 0 radical (unpaired) electrons. The number of hydrogen-bond donors (Lipinski definition) is 0. The van der Waals surface area contributed by atoms with Crippen LogP contribution in [0.25, 0.3) is 0 Å². The molecule has 0 aliphatic heterocycles. The van der Waals surface area contributed by atoms with Crippen molar-refractivity contribution >= 4 is 15.9 Å². The van der Waals surface area contributed by atoms with Gasteiger partial charge in [0.2, 0.25) is 6.08 Å². The predicted octanol–water partition coefficient (Wildman–Crippen LogP) is 1.94. The van der Waals surface area contributed by atoms with Crippen LogP contribution in [0.15, 0.2) is 28.1 Å². The van der Waals surface area contributed by atoms with Crippen LogP contribution in [0.5, 0.6) is 0 Å². The molecule has 0 heterocycles. The van der Waals surface area contributed by atoms with Crippen LogP contribution in [0, 0.1) is 5.82 Å². The highest BCUT2D eigenvalue weighted by molar-refractivity contribution is 7.90. The summed E-state index contributed by atoms with van der Waals surface area (Å²) in [4.78, 5) is 13.8. The van der Waals surface area contributed by atoms with Gasteiger partial charge in [0.15, 0.2) is 9.84 Å². The quantitative estimate of drug-likeness (QED) is 0.622. The molecular formula is C12H12FNO3S. The first kappa shape index (κ1) is 12.9. The summed E-state index contributed by atoms with van der Waals surface area (Å²) in [5.41, 5.74) is -0.180. The Balaban J connectivity index is 2.50. The van der Waals surface area contributed by atoms with Gasteiger partial charge in [-0.15, -0.1) is 0 Å². The van der Waals surface area contributed by atoms with Crippen molar-refractivity contribution in [3.63, 3.8) is 0 Å². The van der Waals surface area contributed by atoms with Gasteiger partial charge >= 0.3 is 0 Å². The van der Waals surface area contributed by atoms with Gasteiger partial charge in [0, 0.05) is 6.26 Å². The molecule has 1 fully saturated rings. The highest BCUT2D eigenvalue weighted by Gasteiger charge is 2.39. The molecule has 4 nitrogen and oxygen atoms in total. The van der Waals surface area contributed by atoms with Gasteiger partial charge in [-0.1, -0.05) is 6.07 Å². The lowest BCUT2D eigenvalue weighted by Gasteiger charge is -2.37. The third-order valence-corrected chi connectivity index (χ3v) is 4.44. The maximum absolute atomic E-state index is 13.8. The average Bonchev–Trinajstić information content (AvgIpc) is 2.21. The fourth-order valence-corrected chi connectivity index (χ4v) is 2.88. The maximum atomic E-state index is 13.8. The first-order valence-corrected chi connectivity index (χ1v) is 7.37. The zero-order valence-electron chi connectivity index (χ0n) is 9.81. The molecule has 1 aromatic rings. The van der Waals surface area contributed by atoms with E-state index in [0.717, 1.165) is 18.7 Å². The van der Waals surface area contributed by atoms with Gasteiger partial charge < -0.3 is 0 Å². The molecule has 0 unspecified atom stereocenters. The summed E-state index contributed by atoms with van der Waals surface area (Å²) < 4.78 is 36.4. The second kappa shape index (κ2) is 4.30. The van der Waals surface area contributed by atoms with Gasteiger partial charge in [0.1, 0.15) is 10.7 Å². The van der Waals surface area contributed by atoms with Crippen LogP contribution in [0.3, 0.4) is 0 Å². The summed E-state index contributed by atoms with van der Waals surface area (Å²) in [6.07, 6.45) is 4.67. The summed E-state index contributed by atoms with van der Waals surface area (Å²) in [5.74, 6) is -0.803. The topological polar surface area (TPSA) is 63.6 Å².